The second-order valence-corrected chi connectivity index (χ2v) is 2.97. The Kier molecular flexibility index (Phi) is 2.98. The van der Waals surface area contributed by atoms with Crippen LogP contribution in [-0.2, 0) is 4.79 Å². The first-order valence-corrected chi connectivity index (χ1v) is 4.17. The monoisotopic (exact) mass is 185 g/mol. The number of rotatable bonds is 0. The zero-order chi connectivity index (χ0) is 8.97. The van der Waals surface area contributed by atoms with Gasteiger partial charge in [-0.2, -0.15) is 5.11 Å². The first kappa shape index (κ1) is 8.92. The molecular weight excluding hydrogens is 178 g/mol. The largest absolute Gasteiger partial charge is 0.481 e. The second kappa shape index (κ2) is 4.01. The van der Waals surface area contributed by atoms with E-state index in [0.29, 0.717) is 0 Å². The highest BCUT2D eigenvalue weighted by atomic mass is 32.2. The molecule has 0 aliphatic carbocycles. The number of hydrogen-bond acceptors (Lipinski definition) is 5. The number of fused-ring (bicyclic) bond motifs is 1. The highest BCUT2D eigenvalue weighted by Gasteiger charge is 2.16. The van der Waals surface area contributed by atoms with E-state index in [2.05, 4.69) is 15.2 Å². The smallest absolute Gasteiger partial charge is 0.300 e. The Morgan fingerprint density at radius 3 is 3.00 bits per heavy atom. The summed E-state index contributed by atoms with van der Waals surface area (Å²) in [5, 5.41) is 14.9. The van der Waals surface area contributed by atoms with Crippen LogP contribution in [0.5, 0.6) is 0 Å². The minimum absolute atomic E-state index is 0.815. The molecule has 0 radical (unpaired) electrons. The van der Waals surface area contributed by atoms with E-state index in [1.54, 1.807) is 18.0 Å². The number of azo groups is 1. The number of carboxylic acids is 1. The van der Waals surface area contributed by atoms with Crippen LogP contribution in [0.3, 0.4) is 0 Å². The van der Waals surface area contributed by atoms with Gasteiger partial charge in [0.1, 0.15) is 0 Å². The van der Waals surface area contributed by atoms with Gasteiger partial charge < -0.3 is 5.11 Å². The van der Waals surface area contributed by atoms with Crippen molar-refractivity contribution in [3.63, 3.8) is 0 Å². The van der Waals surface area contributed by atoms with Gasteiger partial charge in [0.05, 0.1) is 17.0 Å². The lowest BCUT2D eigenvalue weighted by atomic mass is 10.6. The molecule has 0 fully saturated rings. The summed E-state index contributed by atoms with van der Waals surface area (Å²) in [6.07, 6.45) is 1.75. The van der Waals surface area contributed by atoms with Gasteiger partial charge in [-0.25, -0.2) is 0 Å². The molecule has 1 N–H and O–H groups in total. The molecule has 0 aromatic carbocycles. The van der Waals surface area contributed by atoms with E-state index in [4.69, 9.17) is 9.90 Å². The van der Waals surface area contributed by atoms with Crippen molar-refractivity contribution < 1.29 is 9.90 Å². The normalized spacial score (nSPS) is 17.4. The van der Waals surface area contributed by atoms with Gasteiger partial charge in [0.2, 0.25) is 0 Å². The van der Waals surface area contributed by atoms with Crippen molar-refractivity contribution in [1.29, 1.82) is 0 Å². The Balaban J connectivity index is 0.000000157. The van der Waals surface area contributed by atoms with Crippen molar-refractivity contribution in [1.82, 2.24) is 0 Å². The fraction of sp³-hybridized carbons (Fsp3) is 0.333. The van der Waals surface area contributed by atoms with Crippen LogP contribution in [0.2, 0.25) is 0 Å². The molecule has 2 rings (SSSR count). The lowest BCUT2D eigenvalue weighted by Gasteiger charge is -1.79. The summed E-state index contributed by atoms with van der Waals surface area (Å²) >= 11 is 1.68. The maximum Gasteiger partial charge on any atom is 0.300 e. The summed E-state index contributed by atoms with van der Waals surface area (Å²) in [7, 11) is 0. The highest BCUT2D eigenvalue weighted by Crippen LogP contribution is 2.28. The number of aliphatic carboxylic acids is 1. The molecule has 0 unspecified atom stereocenters. The van der Waals surface area contributed by atoms with Crippen molar-refractivity contribution in [2.24, 2.45) is 15.2 Å². The van der Waals surface area contributed by atoms with Gasteiger partial charge in [-0.05, 0) is 0 Å². The molecule has 5 nitrogen and oxygen atoms in total. The molecule has 2 aliphatic heterocycles. The lowest BCUT2D eigenvalue weighted by molar-refractivity contribution is -0.134. The van der Waals surface area contributed by atoms with Crippen LogP contribution in [-0.4, -0.2) is 22.8 Å². The van der Waals surface area contributed by atoms with Crippen molar-refractivity contribution in [3.05, 3.63) is 11.1 Å². The number of carboxylic acid groups (broad SMARTS) is 1. The summed E-state index contributed by atoms with van der Waals surface area (Å²) < 4.78 is 0. The van der Waals surface area contributed by atoms with Crippen molar-refractivity contribution in [3.8, 4) is 0 Å². The molecule has 64 valence electrons. The number of amidine groups is 1. The topological polar surface area (TPSA) is 74.4 Å². The average molecular weight is 185 g/mol. The van der Waals surface area contributed by atoms with Crippen LogP contribution < -0.4 is 0 Å². The van der Waals surface area contributed by atoms with Crippen molar-refractivity contribution in [2.45, 2.75) is 6.92 Å². The van der Waals surface area contributed by atoms with Crippen molar-refractivity contribution in [2.75, 3.05) is 5.88 Å². The number of carbonyl (C=O) groups is 1. The Labute approximate surface area is 73.3 Å². The zero-order valence-corrected chi connectivity index (χ0v) is 7.21. The molecule has 2 aliphatic rings. The Hall–Kier alpha value is -1.17. The van der Waals surface area contributed by atoms with Crippen LogP contribution in [0.4, 0.5) is 0 Å². The first-order valence-electron chi connectivity index (χ1n) is 3.18. The number of thioether (sulfide) groups is 1. The molecule has 0 amide bonds. The highest BCUT2D eigenvalue weighted by molar-refractivity contribution is 8.04. The van der Waals surface area contributed by atoms with E-state index in [1.165, 1.54) is 0 Å². The standard InChI is InChI=1S/C4H3N3S.C2H4O2/c1-3-4(7-6-1)5-2-8-3;1-2(3)4/h1H,2H2;1H3,(H,3,4). The van der Waals surface area contributed by atoms with Crippen molar-refractivity contribution >= 4 is 23.6 Å². The molecule has 0 aromatic rings. The molecule has 0 bridgehead atoms. The van der Waals surface area contributed by atoms with Gasteiger partial charge in [0.25, 0.3) is 5.97 Å². The van der Waals surface area contributed by atoms with Gasteiger partial charge >= 0.3 is 0 Å². The van der Waals surface area contributed by atoms with Crippen LogP contribution in [0.1, 0.15) is 6.92 Å². The zero-order valence-electron chi connectivity index (χ0n) is 6.39. The Morgan fingerprint density at radius 1 is 1.75 bits per heavy atom. The minimum atomic E-state index is -0.833. The van der Waals surface area contributed by atoms with Crippen LogP contribution >= 0.6 is 11.8 Å². The second-order valence-electron chi connectivity index (χ2n) is 1.98. The summed E-state index contributed by atoms with van der Waals surface area (Å²) in [5.74, 6) is 0.801. The minimum Gasteiger partial charge on any atom is -0.481 e. The third kappa shape index (κ3) is 2.46. The van der Waals surface area contributed by atoms with Gasteiger partial charge in [0, 0.05) is 6.92 Å². The van der Waals surface area contributed by atoms with E-state index in [-0.39, 0.29) is 0 Å². The van der Waals surface area contributed by atoms with Gasteiger partial charge in [-0.3, -0.25) is 9.79 Å². The Morgan fingerprint density at radius 2 is 2.42 bits per heavy atom. The van der Waals surface area contributed by atoms with E-state index in [1.807, 2.05) is 0 Å². The molecule has 6 heteroatoms. The SMILES string of the molecule is C1=C2SCN=C2N=N1.CC(=O)O. The van der Waals surface area contributed by atoms with Crippen LogP contribution in [0.15, 0.2) is 26.3 Å². The first-order chi connectivity index (χ1) is 5.70. The van der Waals surface area contributed by atoms with Gasteiger partial charge in [-0.15, -0.1) is 5.11 Å². The third-order valence-corrected chi connectivity index (χ3v) is 1.84. The van der Waals surface area contributed by atoms with Crippen LogP contribution in [0, 0.1) is 0 Å². The van der Waals surface area contributed by atoms with Gasteiger partial charge in [-0.1, -0.05) is 11.8 Å². The van der Waals surface area contributed by atoms with E-state index in [0.717, 1.165) is 23.5 Å². The molecule has 0 aromatic heterocycles. The molecule has 0 spiro atoms. The summed E-state index contributed by atoms with van der Waals surface area (Å²) in [6.45, 7) is 1.08. The predicted molar refractivity (Wildman–Crippen MR) is 46.1 cm³/mol. The van der Waals surface area contributed by atoms with E-state index >= 15 is 0 Å². The Bertz CT molecular complexity index is 279. The fourth-order valence-electron chi connectivity index (χ4n) is 0.617. The molecule has 12 heavy (non-hydrogen) atoms. The predicted octanol–water partition coefficient (Wildman–Crippen LogP) is 1.49. The van der Waals surface area contributed by atoms with E-state index < -0.39 is 5.97 Å². The fourth-order valence-corrected chi connectivity index (χ4v) is 1.30. The maximum atomic E-state index is 9.00. The lowest BCUT2D eigenvalue weighted by Crippen LogP contribution is -1.81. The third-order valence-electron chi connectivity index (χ3n) is 0.982. The molecule has 0 saturated heterocycles. The molecular formula is C6H7N3O2S. The van der Waals surface area contributed by atoms with Crippen LogP contribution in [0.25, 0.3) is 0 Å². The number of nitrogens with zero attached hydrogens (tertiary/aromatic N) is 3. The average Bonchev–Trinajstić information content (AvgIpc) is 2.40. The maximum absolute atomic E-state index is 9.00. The molecule has 0 saturated carbocycles. The molecule has 0 atom stereocenters. The molecule has 2 heterocycles. The number of aliphatic imine (C=N–C) groups is 1. The number of hydrogen-bond donors (Lipinski definition) is 1. The van der Waals surface area contributed by atoms with E-state index in [9.17, 15) is 0 Å². The summed E-state index contributed by atoms with van der Waals surface area (Å²) in [6, 6.07) is 0. The van der Waals surface area contributed by atoms with Gasteiger partial charge in [0.15, 0.2) is 5.84 Å². The quantitative estimate of drug-likeness (QED) is 0.621. The summed E-state index contributed by atoms with van der Waals surface area (Å²) in [4.78, 5) is 14.2. The summed E-state index contributed by atoms with van der Waals surface area (Å²) in [5.41, 5.74) is 0.